The van der Waals surface area contributed by atoms with E-state index >= 15 is 0 Å². The number of primary amides is 1. The number of thiophene rings is 1. The third-order valence-electron chi connectivity index (χ3n) is 4.26. The summed E-state index contributed by atoms with van der Waals surface area (Å²) in [6.45, 7) is 4.42. The molecule has 0 saturated carbocycles. The van der Waals surface area contributed by atoms with Gasteiger partial charge >= 0.3 is 11.8 Å². The first-order chi connectivity index (χ1) is 12.8. The zero-order chi connectivity index (χ0) is 19.6. The maximum Gasteiger partial charge on any atom is 0.314 e. The molecular weight excluding hydrogens is 366 g/mol. The predicted molar refractivity (Wildman–Crippen MR) is 102 cm³/mol. The normalized spacial score (nSPS) is 14.9. The number of benzene rings is 1. The van der Waals surface area contributed by atoms with Crippen molar-refractivity contribution in [1.82, 2.24) is 5.32 Å². The van der Waals surface area contributed by atoms with E-state index in [1.165, 1.54) is 11.3 Å². The first kappa shape index (κ1) is 19.1. The molecule has 1 aliphatic heterocycles. The maximum atomic E-state index is 12.2. The lowest BCUT2D eigenvalue weighted by Gasteiger charge is -2.30. The van der Waals surface area contributed by atoms with Crippen molar-refractivity contribution in [2.24, 2.45) is 5.73 Å². The van der Waals surface area contributed by atoms with Gasteiger partial charge in [0.1, 0.15) is 5.00 Å². The van der Waals surface area contributed by atoms with Gasteiger partial charge in [-0.3, -0.25) is 14.4 Å². The lowest BCUT2D eigenvalue weighted by molar-refractivity contribution is -0.136. The number of carbonyl (C=O) groups is 3. The molecule has 142 valence electrons. The minimum absolute atomic E-state index is 0.235. The van der Waals surface area contributed by atoms with Gasteiger partial charge < -0.3 is 21.1 Å². The number of fused-ring (bicyclic) bond motifs is 1. The summed E-state index contributed by atoms with van der Waals surface area (Å²) in [4.78, 5) is 37.1. The Balaban J connectivity index is 1.73. The zero-order valence-electron chi connectivity index (χ0n) is 15.1. The van der Waals surface area contributed by atoms with E-state index in [1.807, 2.05) is 44.2 Å². The van der Waals surface area contributed by atoms with E-state index in [-0.39, 0.29) is 17.1 Å². The van der Waals surface area contributed by atoms with Crippen LogP contribution in [0.4, 0.5) is 5.00 Å². The Morgan fingerprint density at radius 2 is 1.89 bits per heavy atom. The Bertz CT molecular complexity index is 890. The van der Waals surface area contributed by atoms with Gasteiger partial charge in [0.05, 0.1) is 17.8 Å². The first-order valence-electron chi connectivity index (χ1n) is 8.48. The molecule has 0 unspecified atom stereocenters. The summed E-state index contributed by atoms with van der Waals surface area (Å²) in [5, 5.41) is 5.36. The average Bonchev–Trinajstić information content (AvgIpc) is 2.96. The van der Waals surface area contributed by atoms with Crippen molar-refractivity contribution in [3.63, 3.8) is 0 Å². The summed E-state index contributed by atoms with van der Waals surface area (Å²) in [7, 11) is 0. The molecule has 0 radical (unpaired) electrons. The molecular formula is C19H21N3O4S. The molecule has 1 aromatic carbocycles. The van der Waals surface area contributed by atoms with Gasteiger partial charge in [0.25, 0.3) is 5.91 Å². The lowest BCUT2D eigenvalue weighted by atomic mass is 9.93. The molecule has 2 heterocycles. The number of hydrogen-bond acceptors (Lipinski definition) is 5. The van der Waals surface area contributed by atoms with Crippen LogP contribution in [-0.2, 0) is 33.9 Å². The van der Waals surface area contributed by atoms with Gasteiger partial charge in [-0.05, 0) is 25.0 Å². The Morgan fingerprint density at radius 3 is 2.56 bits per heavy atom. The number of carbonyl (C=O) groups excluding carboxylic acids is 3. The molecule has 0 fully saturated rings. The SMILES string of the molecule is CC1(C)Cc2c(sc(NC(=O)C(=O)NCc3ccccc3)c2C(N)=O)CO1. The van der Waals surface area contributed by atoms with Crippen molar-refractivity contribution in [2.75, 3.05) is 5.32 Å². The molecule has 27 heavy (non-hydrogen) atoms. The lowest BCUT2D eigenvalue weighted by Crippen LogP contribution is -2.35. The smallest absolute Gasteiger partial charge is 0.314 e. The van der Waals surface area contributed by atoms with Gasteiger partial charge in [-0.1, -0.05) is 30.3 Å². The Kier molecular flexibility index (Phi) is 5.29. The van der Waals surface area contributed by atoms with Crippen molar-refractivity contribution >= 4 is 34.1 Å². The molecule has 0 atom stereocenters. The molecule has 0 spiro atoms. The molecule has 0 bridgehead atoms. The molecule has 3 amide bonds. The third-order valence-corrected chi connectivity index (χ3v) is 5.38. The van der Waals surface area contributed by atoms with Gasteiger partial charge in [-0.2, -0.15) is 0 Å². The number of amides is 3. The zero-order valence-corrected chi connectivity index (χ0v) is 15.9. The van der Waals surface area contributed by atoms with Crippen LogP contribution in [0.1, 0.15) is 40.2 Å². The summed E-state index contributed by atoms with van der Waals surface area (Å²) in [6.07, 6.45) is 0.507. The molecule has 1 aromatic heterocycles. The van der Waals surface area contributed by atoms with Crippen LogP contribution < -0.4 is 16.4 Å². The molecule has 4 N–H and O–H groups in total. The number of rotatable bonds is 4. The molecule has 0 aliphatic carbocycles. The fourth-order valence-corrected chi connectivity index (χ4v) is 4.05. The largest absolute Gasteiger partial charge is 0.370 e. The first-order valence-corrected chi connectivity index (χ1v) is 9.30. The topological polar surface area (TPSA) is 111 Å². The van der Waals surface area contributed by atoms with Crippen LogP contribution in [0.3, 0.4) is 0 Å². The van der Waals surface area contributed by atoms with E-state index in [9.17, 15) is 14.4 Å². The summed E-state index contributed by atoms with van der Waals surface area (Å²) >= 11 is 1.21. The van der Waals surface area contributed by atoms with Crippen LogP contribution >= 0.6 is 11.3 Å². The Labute approximate surface area is 160 Å². The van der Waals surface area contributed by atoms with E-state index in [1.54, 1.807) is 0 Å². The highest BCUT2D eigenvalue weighted by atomic mass is 32.1. The molecule has 8 heteroatoms. The fraction of sp³-hybridized carbons (Fsp3) is 0.316. The second kappa shape index (κ2) is 7.50. The molecule has 1 aliphatic rings. The van der Waals surface area contributed by atoms with Crippen LogP contribution in [0.15, 0.2) is 30.3 Å². The minimum atomic E-state index is -0.841. The van der Waals surface area contributed by atoms with Crippen molar-refractivity contribution in [3.8, 4) is 0 Å². The summed E-state index contributed by atoms with van der Waals surface area (Å²) in [5.74, 6) is -2.25. The number of anilines is 1. The quantitative estimate of drug-likeness (QED) is 0.696. The highest BCUT2D eigenvalue weighted by Gasteiger charge is 2.33. The van der Waals surface area contributed by atoms with Gasteiger partial charge in [0.15, 0.2) is 0 Å². The van der Waals surface area contributed by atoms with E-state index in [0.29, 0.717) is 13.0 Å². The minimum Gasteiger partial charge on any atom is -0.370 e. The van der Waals surface area contributed by atoms with Crippen LogP contribution in [-0.4, -0.2) is 23.3 Å². The van der Waals surface area contributed by atoms with Crippen LogP contribution in [0, 0.1) is 0 Å². The summed E-state index contributed by atoms with van der Waals surface area (Å²) in [5.41, 5.74) is 7.03. The number of nitrogens with two attached hydrogens (primary N) is 1. The van der Waals surface area contributed by atoms with Crippen LogP contribution in [0.2, 0.25) is 0 Å². The van der Waals surface area contributed by atoms with Crippen LogP contribution in [0.25, 0.3) is 0 Å². The van der Waals surface area contributed by atoms with Gasteiger partial charge in [-0.15, -0.1) is 11.3 Å². The van der Waals surface area contributed by atoms with Crippen molar-refractivity contribution in [3.05, 3.63) is 51.9 Å². The van der Waals surface area contributed by atoms with E-state index < -0.39 is 23.3 Å². The number of ether oxygens (including phenoxy) is 1. The summed E-state index contributed by atoms with van der Waals surface area (Å²) < 4.78 is 5.75. The van der Waals surface area contributed by atoms with Gasteiger partial charge in [0.2, 0.25) is 0 Å². The standard InChI is InChI=1S/C19H21N3O4S/c1-19(2)8-12-13(10-26-19)27-18(14(12)15(20)23)22-17(25)16(24)21-9-11-6-4-3-5-7-11/h3-7H,8-10H2,1-2H3,(H2,20,23)(H,21,24)(H,22,25). The Hall–Kier alpha value is -2.71. The van der Waals surface area contributed by atoms with Crippen molar-refractivity contribution < 1.29 is 19.1 Å². The monoisotopic (exact) mass is 387 g/mol. The summed E-state index contributed by atoms with van der Waals surface area (Å²) in [6, 6.07) is 9.25. The van der Waals surface area contributed by atoms with E-state index in [4.69, 9.17) is 10.5 Å². The average molecular weight is 387 g/mol. The Morgan fingerprint density at radius 1 is 1.19 bits per heavy atom. The van der Waals surface area contributed by atoms with E-state index in [0.717, 1.165) is 16.0 Å². The van der Waals surface area contributed by atoms with Crippen molar-refractivity contribution in [2.45, 2.75) is 39.0 Å². The maximum absolute atomic E-state index is 12.2. The fourth-order valence-electron chi connectivity index (χ4n) is 2.92. The van der Waals surface area contributed by atoms with Crippen molar-refractivity contribution in [1.29, 1.82) is 0 Å². The highest BCUT2D eigenvalue weighted by Crippen LogP contribution is 2.40. The molecule has 7 nitrogen and oxygen atoms in total. The third kappa shape index (κ3) is 4.35. The van der Waals surface area contributed by atoms with Crippen LogP contribution in [0.5, 0.6) is 0 Å². The molecule has 0 saturated heterocycles. The van der Waals surface area contributed by atoms with E-state index in [2.05, 4.69) is 10.6 Å². The van der Waals surface area contributed by atoms with Gasteiger partial charge in [-0.25, -0.2) is 0 Å². The second-order valence-electron chi connectivity index (χ2n) is 6.92. The highest BCUT2D eigenvalue weighted by molar-refractivity contribution is 7.17. The second-order valence-corrected chi connectivity index (χ2v) is 8.02. The number of hydrogen-bond donors (Lipinski definition) is 3. The molecule has 2 aromatic rings. The predicted octanol–water partition coefficient (Wildman–Crippen LogP) is 1.95. The van der Waals surface area contributed by atoms with Gasteiger partial charge in [0, 0.05) is 17.8 Å². The number of nitrogens with one attached hydrogen (secondary N) is 2. The molecule has 3 rings (SSSR count).